The molecule has 1 unspecified atom stereocenters. The molecule has 1 amide bonds. The molecule has 2 aromatic carbocycles. The first-order valence-corrected chi connectivity index (χ1v) is 9.69. The van der Waals surface area contributed by atoms with E-state index in [0.717, 1.165) is 22.3 Å². The summed E-state index contributed by atoms with van der Waals surface area (Å²) in [5.74, 6) is -0.551. The fraction of sp³-hybridized carbons (Fsp3) is 0.174. The zero-order valence-electron chi connectivity index (χ0n) is 16.4. The highest BCUT2D eigenvalue weighted by Gasteiger charge is 2.23. The third kappa shape index (κ3) is 6.06. The fourth-order valence-electron chi connectivity index (χ4n) is 2.90. The number of carbonyl (C=O) groups excluding carboxylic acids is 2. The van der Waals surface area contributed by atoms with Crippen molar-refractivity contribution in [3.63, 3.8) is 0 Å². The number of halogens is 1. The lowest BCUT2D eigenvalue weighted by Gasteiger charge is -2.17. The van der Waals surface area contributed by atoms with Crippen LogP contribution >= 0.6 is 11.6 Å². The Labute approximate surface area is 179 Å². The molecule has 30 heavy (non-hydrogen) atoms. The van der Waals surface area contributed by atoms with Crippen molar-refractivity contribution in [3.8, 4) is 11.1 Å². The van der Waals surface area contributed by atoms with Crippen LogP contribution in [0.15, 0.2) is 72.9 Å². The monoisotopic (exact) mass is 424 g/mol. The second kappa shape index (κ2) is 10.4. The molecule has 6 nitrogen and oxygen atoms in total. The summed E-state index contributed by atoms with van der Waals surface area (Å²) in [6.07, 6.45) is 1.24. The molecule has 0 aliphatic heterocycles. The summed E-state index contributed by atoms with van der Waals surface area (Å²) in [7, 11) is 1.28. The van der Waals surface area contributed by atoms with Gasteiger partial charge in [-0.2, -0.15) is 0 Å². The maximum Gasteiger partial charge on any atom is 0.408 e. The van der Waals surface area contributed by atoms with E-state index in [9.17, 15) is 9.59 Å². The average molecular weight is 425 g/mol. The Hall–Kier alpha value is -3.38. The van der Waals surface area contributed by atoms with Crippen molar-refractivity contribution >= 4 is 23.7 Å². The second-order valence-electron chi connectivity index (χ2n) is 6.56. The number of amides is 1. The van der Waals surface area contributed by atoms with Gasteiger partial charge in [0.05, 0.1) is 7.11 Å². The van der Waals surface area contributed by atoms with Gasteiger partial charge in [0.15, 0.2) is 0 Å². The molecule has 3 rings (SSSR count). The van der Waals surface area contributed by atoms with Gasteiger partial charge in [-0.25, -0.2) is 14.6 Å². The number of benzene rings is 2. The number of aromatic nitrogens is 1. The van der Waals surface area contributed by atoms with Crippen LogP contribution in [0.1, 0.15) is 11.1 Å². The van der Waals surface area contributed by atoms with Crippen molar-refractivity contribution < 1.29 is 19.1 Å². The molecule has 0 saturated carbocycles. The van der Waals surface area contributed by atoms with Crippen LogP contribution in [-0.4, -0.2) is 30.2 Å². The van der Waals surface area contributed by atoms with Crippen LogP contribution in [0.3, 0.4) is 0 Å². The van der Waals surface area contributed by atoms with Gasteiger partial charge >= 0.3 is 12.1 Å². The van der Waals surface area contributed by atoms with Crippen LogP contribution in [0, 0.1) is 0 Å². The van der Waals surface area contributed by atoms with E-state index in [0.29, 0.717) is 5.15 Å². The highest BCUT2D eigenvalue weighted by molar-refractivity contribution is 6.29. The lowest BCUT2D eigenvalue weighted by molar-refractivity contribution is -0.143. The van der Waals surface area contributed by atoms with E-state index in [2.05, 4.69) is 10.3 Å². The lowest BCUT2D eigenvalue weighted by Crippen LogP contribution is -2.43. The highest BCUT2D eigenvalue weighted by atomic mass is 35.5. The first kappa shape index (κ1) is 21.3. The van der Waals surface area contributed by atoms with E-state index in [-0.39, 0.29) is 13.0 Å². The summed E-state index contributed by atoms with van der Waals surface area (Å²) in [5.41, 5.74) is 3.52. The zero-order chi connectivity index (χ0) is 21.3. The van der Waals surface area contributed by atoms with E-state index in [1.165, 1.54) is 7.11 Å². The van der Waals surface area contributed by atoms with Gasteiger partial charge in [0.25, 0.3) is 0 Å². The Kier molecular flexibility index (Phi) is 7.40. The van der Waals surface area contributed by atoms with Gasteiger partial charge in [-0.05, 0) is 28.8 Å². The Bertz CT molecular complexity index is 994. The summed E-state index contributed by atoms with van der Waals surface area (Å²) in [4.78, 5) is 28.5. The minimum atomic E-state index is -0.878. The van der Waals surface area contributed by atoms with Crippen molar-refractivity contribution in [2.24, 2.45) is 0 Å². The summed E-state index contributed by atoms with van der Waals surface area (Å²) in [6.45, 7) is 0.111. The Morgan fingerprint density at radius 3 is 2.47 bits per heavy atom. The molecular weight excluding hydrogens is 404 g/mol. The van der Waals surface area contributed by atoms with Gasteiger partial charge in [-0.3, -0.25) is 0 Å². The van der Waals surface area contributed by atoms with E-state index in [1.807, 2.05) is 60.7 Å². The third-order valence-corrected chi connectivity index (χ3v) is 4.64. The van der Waals surface area contributed by atoms with Crippen molar-refractivity contribution in [3.05, 3.63) is 89.2 Å². The summed E-state index contributed by atoms with van der Waals surface area (Å²) < 4.78 is 10.1. The topological polar surface area (TPSA) is 77.5 Å². The Balaban J connectivity index is 1.67. The fourth-order valence-corrected chi connectivity index (χ4v) is 3.01. The van der Waals surface area contributed by atoms with Crippen LogP contribution in [0.2, 0.25) is 5.15 Å². The van der Waals surface area contributed by atoms with Gasteiger partial charge in [0, 0.05) is 18.2 Å². The predicted octanol–water partition coefficient (Wildman–Crippen LogP) is 4.41. The van der Waals surface area contributed by atoms with E-state index >= 15 is 0 Å². The van der Waals surface area contributed by atoms with Gasteiger partial charge < -0.3 is 14.8 Å². The highest BCUT2D eigenvalue weighted by Crippen LogP contribution is 2.21. The molecule has 0 aliphatic carbocycles. The molecule has 0 spiro atoms. The van der Waals surface area contributed by atoms with Crippen molar-refractivity contribution in [2.45, 2.75) is 19.1 Å². The molecule has 1 N–H and O–H groups in total. The van der Waals surface area contributed by atoms with Crippen LogP contribution in [0.25, 0.3) is 11.1 Å². The average Bonchev–Trinajstić information content (AvgIpc) is 2.78. The van der Waals surface area contributed by atoms with Crippen molar-refractivity contribution in [2.75, 3.05) is 7.11 Å². The molecule has 1 heterocycles. The maximum atomic E-state index is 12.2. The number of hydrogen-bond acceptors (Lipinski definition) is 5. The van der Waals surface area contributed by atoms with Crippen molar-refractivity contribution in [1.82, 2.24) is 10.3 Å². The molecule has 0 fully saturated rings. The number of esters is 1. The molecule has 1 aromatic heterocycles. The molecule has 1 atom stereocenters. The van der Waals surface area contributed by atoms with E-state index in [1.54, 1.807) is 12.3 Å². The minimum absolute atomic E-state index is 0.111. The zero-order valence-corrected chi connectivity index (χ0v) is 17.1. The number of nitrogens with zero attached hydrogens (tertiary/aromatic N) is 1. The second-order valence-corrected chi connectivity index (χ2v) is 6.94. The number of ether oxygens (including phenoxy) is 2. The largest absolute Gasteiger partial charge is 0.467 e. The summed E-state index contributed by atoms with van der Waals surface area (Å²) in [5, 5.41) is 3.00. The number of hydrogen-bond donors (Lipinski definition) is 1. The molecule has 0 bridgehead atoms. The molecule has 154 valence electrons. The number of pyridine rings is 1. The van der Waals surface area contributed by atoms with Gasteiger partial charge in [0.2, 0.25) is 0 Å². The van der Waals surface area contributed by atoms with E-state index in [4.69, 9.17) is 21.1 Å². The molecule has 0 radical (unpaired) electrons. The SMILES string of the molecule is COC(=O)C(Cc1cccc(-c2ccc(Cl)nc2)c1)NC(=O)OCc1ccccc1. The number of methoxy groups -OCH3 is 1. The standard InChI is InChI=1S/C23H21ClN2O4/c1-29-22(27)20(26-23(28)30-15-16-6-3-2-4-7-16)13-17-8-5-9-18(12-17)19-10-11-21(24)25-14-19/h2-12,14,20H,13,15H2,1H3,(H,26,28). The first-order chi connectivity index (χ1) is 14.5. The molecule has 0 aliphatic rings. The molecule has 7 heteroatoms. The number of rotatable bonds is 7. The lowest BCUT2D eigenvalue weighted by atomic mass is 10.0. The minimum Gasteiger partial charge on any atom is -0.467 e. The predicted molar refractivity (Wildman–Crippen MR) is 114 cm³/mol. The van der Waals surface area contributed by atoms with Crippen molar-refractivity contribution in [1.29, 1.82) is 0 Å². The van der Waals surface area contributed by atoms with Crippen LogP contribution in [0.5, 0.6) is 0 Å². The maximum absolute atomic E-state index is 12.2. The van der Waals surface area contributed by atoms with Gasteiger partial charge in [0.1, 0.15) is 17.8 Å². The Morgan fingerprint density at radius 2 is 1.77 bits per heavy atom. The molecule has 0 saturated heterocycles. The summed E-state index contributed by atoms with van der Waals surface area (Å²) >= 11 is 5.85. The van der Waals surface area contributed by atoms with E-state index < -0.39 is 18.1 Å². The first-order valence-electron chi connectivity index (χ1n) is 9.31. The quantitative estimate of drug-likeness (QED) is 0.449. The number of nitrogens with one attached hydrogen (secondary N) is 1. The number of carbonyl (C=O) groups is 2. The molecular formula is C23H21ClN2O4. The Morgan fingerprint density at radius 1 is 1.00 bits per heavy atom. The normalized spacial score (nSPS) is 11.4. The van der Waals surface area contributed by atoms with Crippen LogP contribution in [0.4, 0.5) is 4.79 Å². The third-order valence-electron chi connectivity index (χ3n) is 4.42. The smallest absolute Gasteiger partial charge is 0.408 e. The van der Waals surface area contributed by atoms with Gasteiger partial charge in [-0.1, -0.05) is 66.2 Å². The van der Waals surface area contributed by atoms with Gasteiger partial charge in [-0.15, -0.1) is 0 Å². The number of alkyl carbamates (subject to hydrolysis) is 1. The van der Waals surface area contributed by atoms with Crippen LogP contribution in [-0.2, 0) is 27.3 Å². The molecule has 3 aromatic rings. The summed E-state index contributed by atoms with van der Waals surface area (Å²) in [6, 6.07) is 19.6. The van der Waals surface area contributed by atoms with Crippen LogP contribution < -0.4 is 5.32 Å².